The third-order valence-electron chi connectivity index (χ3n) is 4.86. The minimum absolute atomic E-state index is 0.0139. The summed E-state index contributed by atoms with van der Waals surface area (Å²) in [4.78, 5) is 25.8. The molecule has 0 radical (unpaired) electrons. The van der Waals surface area contributed by atoms with Gasteiger partial charge < -0.3 is 15.0 Å². The van der Waals surface area contributed by atoms with Crippen molar-refractivity contribution < 1.29 is 14.3 Å². The summed E-state index contributed by atoms with van der Waals surface area (Å²) in [5.74, 6) is 0.432. The van der Waals surface area contributed by atoms with Gasteiger partial charge in [-0.25, -0.2) is 0 Å². The normalized spacial score (nSPS) is 14.7. The van der Waals surface area contributed by atoms with Gasteiger partial charge in [-0.3, -0.25) is 9.59 Å². The number of likely N-dealkylation sites (tertiary alicyclic amines) is 1. The number of hydrogen-bond donors (Lipinski definition) is 1. The van der Waals surface area contributed by atoms with Gasteiger partial charge in [0, 0.05) is 26.1 Å². The molecule has 0 aromatic heterocycles. The predicted octanol–water partition coefficient (Wildman–Crippen LogP) is 3.37. The minimum atomic E-state index is -0.0893. The standard InChI is InChI=1S/C21H23ClN2O3/c1-23-21(26)16-9-11-24(12-10-16)20(25)14-27-19-8-7-17(13-18(19)22)15-5-3-2-4-6-15/h2-8,13,16H,9-12,14H2,1H3,(H,23,26). The molecule has 0 aliphatic carbocycles. The van der Waals surface area contributed by atoms with Gasteiger partial charge in [0.25, 0.3) is 5.91 Å². The van der Waals surface area contributed by atoms with Gasteiger partial charge in [-0.2, -0.15) is 0 Å². The minimum Gasteiger partial charge on any atom is -0.482 e. The van der Waals surface area contributed by atoms with Crippen molar-refractivity contribution in [3.05, 3.63) is 53.6 Å². The molecule has 1 aliphatic rings. The quantitative estimate of drug-likeness (QED) is 0.857. The number of carbonyl (C=O) groups is 2. The molecular weight excluding hydrogens is 364 g/mol. The van der Waals surface area contributed by atoms with E-state index in [4.69, 9.17) is 16.3 Å². The van der Waals surface area contributed by atoms with Crippen LogP contribution in [-0.4, -0.2) is 43.5 Å². The molecule has 0 unspecified atom stereocenters. The van der Waals surface area contributed by atoms with E-state index >= 15 is 0 Å². The summed E-state index contributed by atoms with van der Waals surface area (Å²) in [6, 6.07) is 15.5. The van der Waals surface area contributed by atoms with Crippen LogP contribution in [0.4, 0.5) is 0 Å². The van der Waals surface area contributed by atoms with E-state index in [1.807, 2.05) is 42.5 Å². The molecule has 27 heavy (non-hydrogen) atoms. The molecule has 1 aliphatic heterocycles. The summed E-state index contributed by atoms with van der Waals surface area (Å²) in [7, 11) is 1.64. The van der Waals surface area contributed by atoms with Gasteiger partial charge in [0.05, 0.1) is 5.02 Å². The van der Waals surface area contributed by atoms with Crippen LogP contribution in [0.2, 0.25) is 5.02 Å². The van der Waals surface area contributed by atoms with Gasteiger partial charge in [0.15, 0.2) is 6.61 Å². The van der Waals surface area contributed by atoms with E-state index in [1.54, 1.807) is 18.0 Å². The Morgan fingerprint density at radius 2 is 1.81 bits per heavy atom. The molecular formula is C21H23ClN2O3. The molecule has 1 saturated heterocycles. The van der Waals surface area contributed by atoms with Crippen LogP contribution < -0.4 is 10.1 Å². The van der Waals surface area contributed by atoms with Crippen molar-refractivity contribution in [1.29, 1.82) is 0 Å². The average Bonchev–Trinajstić information content (AvgIpc) is 2.72. The van der Waals surface area contributed by atoms with Gasteiger partial charge >= 0.3 is 0 Å². The number of piperidine rings is 1. The van der Waals surface area contributed by atoms with Gasteiger partial charge in [0.2, 0.25) is 5.91 Å². The van der Waals surface area contributed by atoms with E-state index in [0.717, 1.165) is 11.1 Å². The monoisotopic (exact) mass is 386 g/mol. The molecule has 1 N–H and O–H groups in total. The summed E-state index contributed by atoms with van der Waals surface area (Å²) in [5.41, 5.74) is 2.07. The Morgan fingerprint density at radius 3 is 2.44 bits per heavy atom. The van der Waals surface area contributed by atoms with Crippen molar-refractivity contribution in [1.82, 2.24) is 10.2 Å². The second kappa shape index (κ2) is 8.91. The van der Waals surface area contributed by atoms with Crippen LogP contribution in [0.15, 0.2) is 48.5 Å². The lowest BCUT2D eigenvalue weighted by atomic mass is 9.96. The number of nitrogens with one attached hydrogen (secondary N) is 1. The Hall–Kier alpha value is -2.53. The fourth-order valence-corrected chi connectivity index (χ4v) is 3.49. The van der Waals surface area contributed by atoms with Crippen molar-refractivity contribution in [3.63, 3.8) is 0 Å². The number of rotatable bonds is 5. The summed E-state index contributed by atoms with van der Waals surface area (Å²) < 4.78 is 5.64. The Balaban J connectivity index is 1.54. The van der Waals surface area contributed by atoms with Crippen LogP contribution in [0, 0.1) is 5.92 Å². The molecule has 3 rings (SSSR count). The zero-order valence-electron chi connectivity index (χ0n) is 15.3. The maximum absolute atomic E-state index is 12.4. The zero-order chi connectivity index (χ0) is 19.2. The van der Waals surface area contributed by atoms with Crippen LogP contribution in [0.5, 0.6) is 5.75 Å². The highest BCUT2D eigenvalue weighted by atomic mass is 35.5. The lowest BCUT2D eigenvalue weighted by Crippen LogP contribution is -2.44. The van der Waals surface area contributed by atoms with Gasteiger partial charge in [-0.1, -0.05) is 48.0 Å². The first kappa shape index (κ1) is 19.2. The number of ether oxygens (including phenoxy) is 1. The van der Waals surface area contributed by atoms with Crippen LogP contribution >= 0.6 is 11.6 Å². The molecule has 5 nitrogen and oxygen atoms in total. The second-order valence-electron chi connectivity index (χ2n) is 6.57. The summed E-state index contributed by atoms with van der Waals surface area (Å²) >= 11 is 6.32. The first-order valence-electron chi connectivity index (χ1n) is 9.05. The van der Waals surface area contributed by atoms with Crippen molar-refractivity contribution in [2.45, 2.75) is 12.8 Å². The molecule has 2 aromatic rings. The van der Waals surface area contributed by atoms with E-state index in [9.17, 15) is 9.59 Å². The third kappa shape index (κ3) is 4.80. The predicted molar refractivity (Wildman–Crippen MR) is 106 cm³/mol. The number of halogens is 1. The molecule has 0 saturated carbocycles. The topological polar surface area (TPSA) is 58.6 Å². The van der Waals surface area contributed by atoms with E-state index < -0.39 is 0 Å². The first-order chi connectivity index (χ1) is 13.1. The summed E-state index contributed by atoms with van der Waals surface area (Å²) in [5, 5.41) is 3.14. The van der Waals surface area contributed by atoms with Crippen LogP contribution in [0.3, 0.4) is 0 Å². The number of amides is 2. The lowest BCUT2D eigenvalue weighted by Gasteiger charge is -2.31. The highest BCUT2D eigenvalue weighted by Crippen LogP contribution is 2.30. The van der Waals surface area contributed by atoms with Crippen molar-refractivity contribution in [3.8, 4) is 16.9 Å². The Morgan fingerprint density at radius 1 is 1.11 bits per heavy atom. The van der Waals surface area contributed by atoms with Gasteiger partial charge in [0.1, 0.15) is 5.75 Å². The van der Waals surface area contributed by atoms with Gasteiger partial charge in [-0.05, 0) is 36.1 Å². The van der Waals surface area contributed by atoms with E-state index in [0.29, 0.717) is 36.7 Å². The van der Waals surface area contributed by atoms with Crippen molar-refractivity contribution in [2.75, 3.05) is 26.7 Å². The lowest BCUT2D eigenvalue weighted by molar-refractivity contribution is -0.137. The highest BCUT2D eigenvalue weighted by Gasteiger charge is 2.26. The largest absolute Gasteiger partial charge is 0.482 e. The second-order valence-corrected chi connectivity index (χ2v) is 6.98. The smallest absolute Gasteiger partial charge is 0.260 e. The van der Waals surface area contributed by atoms with Crippen molar-refractivity contribution >= 4 is 23.4 Å². The molecule has 2 amide bonds. The van der Waals surface area contributed by atoms with Crippen LogP contribution in [0.25, 0.3) is 11.1 Å². The molecule has 0 spiro atoms. The fourth-order valence-electron chi connectivity index (χ4n) is 3.25. The maximum Gasteiger partial charge on any atom is 0.260 e. The van der Waals surface area contributed by atoms with Crippen LogP contribution in [-0.2, 0) is 9.59 Å². The Kier molecular flexibility index (Phi) is 6.35. The van der Waals surface area contributed by atoms with Gasteiger partial charge in [-0.15, -0.1) is 0 Å². The molecule has 1 heterocycles. The summed E-state index contributed by atoms with van der Waals surface area (Å²) in [6.45, 7) is 1.08. The molecule has 0 atom stereocenters. The summed E-state index contributed by atoms with van der Waals surface area (Å²) in [6.07, 6.45) is 1.36. The Labute approximate surface area is 164 Å². The third-order valence-corrected chi connectivity index (χ3v) is 5.15. The van der Waals surface area contributed by atoms with E-state index in [-0.39, 0.29) is 24.3 Å². The molecule has 1 fully saturated rings. The number of carbonyl (C=O) groups excluding carboxylic acids is 2. The van der Waals surface area contributed by atoms with E-state index in [2.05, 4.69) is 5.32 Å². The zero-order valence-corrected chi connectivity index (χ0v) is 16.0. The fraction of sp³-hybridized carbons (Fsp3) is 0.333. The van der Waals surface area contributed by atoms with Crippen molar-refractivity contribution in [2.24, 2.45) is 5.92 Å². The highest BCUT2D eigenvalue weighted by molar-refractivity contribution is 6.32. The number of benzene rings is 2. The number of hydrogen-bond acceptors (Lipinski definition) is 3. The van der Waals surface area contributed by atoms with E-state index in [1.165, 1.54) is 0 Å². The molecule has 0 bridgehead atoms. The average molecular weight is 387 g/mol. The SMILES string of the molecule is CNC(=O)C1CCN(C(=O)COc2ccc(-c3ccccc3)cc2Cl)CC1. The Bertz CT molecular complexity index is 802. The first-order valence-corrected chi connectivity index (χ1v) is 9.43. The molecule has 142 valence electrons. The van der Waals surface area contributed by atoms with Crippen LogP contribution in [0.1, 0.15) is 12.8 Å². The molecule has 6 heteroatoms. The number of nitrogens with zero attached hydrogens (tertiary/aromatic N) is 1. The maximum atomic E-state index is 12.4. The molecule has 2 aromatic carbocycles.